The molecule has 0 aromatic heterocycles. The molecule has 4 nitrogen and oxygen atoms in total. The van der Waals surface area contributed by atoms with E-state index < -0.39 is 5.82 Å². The van der Waals surface area contributed by atoms with Gasteiger partial charge < -0.3 is 9.80 Å². The van der Waals surface area contributed by atoms with Crippen LogP contribution in [0.5, 0.6) is 0 Å². The van der Waals surface area contributed by atoms with Gasteiger partial charge in [-0.2, -0.15) is 0 Å². The maximum absolute atomic E-state index is 13.7. The molecule has 1 aliphatic heterocycles. The lowest BCUT2D eigenvalue weighted by molar-refractivity contribution is 0.0531. The molecule has 0 atom stereocenters. The van der Waals surface area contributed by atoms with Crippen molar-refractivity contribution in [3.63, 3.8) is 0 Å². The summed E-state index contributed by atoms with van der Waals surface area (Å²) in [6, 6.07) is 13.1. The van der Waals surface area contributed by atoms with Gasteiger partial charge in [0.05, 0.1) is 11.1 Å². The first kappa shape index (κ1) is 16.5. The van der Waals surface area contributed by atoms with Gasteiger partial charge in [0.1, 0.15) is 5.82 Å². The van der Waals surface area contributed by atoms with E-state index in [2.05, 4.69) is 12.6 Å². The van der Waals surface area contributed by atoms with Crippen LogP contribution in [0.3, 0.4) is 0 Å². The van der Waals surface area contributed by atoms with E-state index in [0.717, 1.165) is 0 Å². The number of piperazine rings is 1. The number of nitrogens with zero attached hydrogens (tertiary/aromatic N) is 2. The highest BCUT2D eigenvalue weighted by atomic mass is 32.1. The van der Waals surface area contributed by atoms with Crippen LogP contribution in [0.15, 0.2) is 53.4 Å². The molecule has 1 aliphatic rings. The molecule has 0 aliphatic carbocycles. The lowest BCUT2D eigenvalue weighted by Gasteiger charge is -2.35. The molecule has 0 bridgehead atoms. The van der Waals surface area contributed by atoms with Gasteiger partial charge in [-0.3, -0.25) is 9.59 Å². The molecule has 0 N–H and O–H groups in total. The molecular weight excluding hydrogens is 327 g/mol. The van der Waals surface area contributed by atoms with Gasteiger partial charge in [0.2, 0.25) is 0 Å². The minimum absolute atomic E-state index is 0.0676. The van der Waals surface area contributed by atoms with Gasteiger partial charge in [0, 0.05) is 31.1 Å². The number of rotatable bonds is 2. The summed E-state index contributed by atoms with van der Waals surface area (Å²) in [6.45, 7) is 1.60. The van der Waals surface area contributed by atoms with E-state index >= 15 is 0 Å². The molecule has 6 heteroatoms. The summed E-state index contributed by atoms with van der Waals surface area (Å²) in [4.78, 5) is 28.8. The molecule has 0 unspecified atom stereocenters. The third-order valence-electron chi connectivity index (χ3n) is 4.09. The minimum atomic E-state index is -0.523. The van der Waals surface area contributed by atoms with Crippen LogP contribution in [0.2, 0.25) is 0 Å². The Kier molecular flexibility index (Phi) is 4.85. The lowest BCUT2D eigenvalue weighted by atomic mass is 10.1. The molecule has 1 saturated heterocycles. The van der Waals surface area contributed by atoms with Crippen LogP contribution in [0.4, 0.5) is 4.39 Å². The molecule has 0 saturated carbocycles. The molecule has 3 rings (SSSR count). The minimum Gasteiger partial charge on any atom is -0.335 e. The van der Waals surface area contributed by atoms with Gasteiger partial charge in [-0.15, -0.1) is 12.6 Å². The Morgan fingerprint density at radius 1 is 0.792 bits per heavy atom. The second-order valence-corrected chi connectivity index (χ2v) is 6.06. The largest absolute Gasteiger partial charge is 0.335 e. The number of benzene rings is 2. The van der Waals surface area contributed by atoms with E-state index in [-0.39, 0.29) is 17.4 Å². The fourth-order valence-electron chi connectivity index (χ4n) is 2.74. The predicted molar refractivity (Wildman–Crippen MR) is 91.9 cm³/mol. The first-order valence-corrected chi connectivity index (χ1v) is 8.13. The Labute approximate surface area is 145 Å². The Morgan fingerprint density at radius 2 is 1.25 bits per heavy atom. The van der Waals surface area contributed by atoms with Crippen molar-refractivity contribution in [2.24, 2.45) is 0 Å². The van der Waals surface area contributed by atoms with Crippen molar-refractivity contribution >= 4 is 24.4 Å². The zero-order valence-electron chi connectivity index (χ0n) is 13.0. The summed E-state index contributed by atoms with van der Waals surface area (Å²) in [6.07, 6.45) is 0. The van der Waals surface area contributed by atoms with Crippen LogP contribution < -0.4 is 0 Å². The number of hydrogen-bond acceptors (Lipinski definition) is 3. The van der Waals surface area contributed by atoms with Crippen LogP contribution in [-0.2, 0) is 0 Å². The van der Waals surface area contributed by atoms with Crippen molar-refractivity contribution < 1.29 is 14.0 Å². The van der Waals surface area contributed by atoms with Crippen LogP contribution in [0.25, 0.3) is 0 Å². The molecule has 2 aromatic carbocycles. The Morgan fingerprint density at radius 3 is 1.79 bits per heavy atom. The fraction of sp³-hybridized carbons (Fsp3) is 0.222. The average Bonchev–Trinajstić information content (AvgIpc) is 2.61. The van der Waals surface area contributed by atoms with Crippen LogP contribution in [0.1, 0.15) is 20.7 Å². The summed E-state index contributed by atoms with van der Waals surface area (Å²) < 4.78 is 13.7. The number of thiol groups is 1. The van der Waals surface area contributed by atoms with Gasteiger partial charge >= 0.3 is 0 Å². The Hall–Kier alpha value is -2.34. The Bertz CT molecular complexity index is 708. The van der Waals surface area contributed by atoms with Crippen molar-refractivity contribution in [3.05, 3.63) is 65.5 Å². The number of halogens is 1. The van der Waals surface area contributed by atoms with E-state index in [1.165, 1.54) is 12.1 Å². The molecule has 1 heterocycles. The number of hydrogen-bond donors (Lipinski definition) is 1. The van der Waals surface area contributed by atoms with E-state index in [1.54, 1.807) is 40.1 Å². The third-order valence-corrected chi connectivity index (χ3v) is 4.48. The van der Waals surface area contributed by atoms with Crippen LogP contribution >= 0.6 is 12.6 Å². The van der Waals surface area contributed by atoms with E-state index in [4.69, 9.17) is 0 Å². The number of carbonyl (C=O) groups excluding carboxylic acids is 2. The monoisotopic (exact) mass is 344 g/mol. The summed E-state index contributed by atoms with van der Waals surface area (Å²) in [5, 5.41) is 0. The zero-order chi connectivity index (χ0) is 17.1. The van der Waals surface area contributed by atoms with E-state index in [0.29, 0.717) is 36.6 Å². The van der Waals surface area contributed by atoms with Crippen molar-refractivity contribution in [3.8, 4) is 0 Å². The summed E-state index contributed by atoms with van der Waals surface area (Å²) >= 11 is 4.31. The summed E-state index contributed by atoms with van der Waals surface area (Å²) in [5.41, 5.74) is 0.618. The Balaban J connectivity index is 1.66. The van der Waals surface area contributed by atoms with E-state index in [1.807, 2.05) is 6.07 Å². The highest BCUT2D eigenvalue weighted by Crippen LogP contribution is 2.18. The van der Waals surface area contributed by atoms with Crippen molar-refractivity contribution in [1.29, 1.82) is 0 Å². The van der Waals surface area contributed by atoms with Gasteiger partial charge in [0.15, 0.2) is 0 Å². The quantitative estimate of drug-likeness (QED) is 0.851. The van der Waals surface area contributed by atoms with Gasteiger partial charge in [-0.1, -0.05) is 24.3 Å². The molecule has 2 aromatic rings. The first-order valence-electron chi connectivity index (χ1n) is 7.69. The summed E-state index contributed by atoms with van der Waals surface area (Å²) in [5.74, 6) is -0.960. The average molecular weight is 344 g/mol. The highest BCUT2D eigenvalue weighted by molar-refractivity contribution is 7.80. The van der Waals surface area contributed by atoms with Crippen LogP contribution in [0, 0.1) is 5.82 Å². The SMILES string of the molecule is O=C(c1ccccc1F)N1CCN(C(=O)c2ccccc2S)CC1. The third kappa shape index (κ3) is 3.28. The molecule has 124 valence electrons. The molecule has 1 fully saturated rings. The van der Waals surface area contributed by atoms with Crippen molar-refractivity contribution in [2.45, 2.75) is 4.90 Å². The molecule has 2 amide bonds. The zero-order valence-corrected chi connectivity index (χ0v) is 13.9. The van der Waals surface area contributed by atoms with Gasteiger partial charge in [-0.05, 0) is 24.3 Å². The fourth-order valence-corrected chi connectivity index (χ4v) is 3.00. The first-order chi connectivity index (χ1) is 11.6. The standard InChI is InChI=1S/C18H17FN2O2S/c19-15-7-3-1-5-13(15)17(22)20-9-11-21(12-10-20)18(23)14-6-2-4-8-16(14)24/h1-8,24H,9-12H2. The number of carbonyl (C=O) groups is 2. The van der Waals surface area contributed by atoms with Gasteiger partial charge in [-0.25, -0.2) is 4.39 Å². The smallest absolute Gasteiger partial charge is 0.256 e. The topological polar surface area (TPSA) is 40.6 Å². The normalized spacial score (nSPS) is 14.6. The maximum atomic E-state index is 13.7. The van der Waals surface area contributed by atoms with E-state index in [9.17, 15) is 14.0 Å². The van der Waals surface area contributed by atoms with Crippen molar-refractivity contribution in [1.82, 2.24) is 9.80 Å². The molecular formula is C18H17FN2O2S. The number of amides is 2. The van der Waals surface area contributed by atoms with Crippen molar-refractivity contribution in [2.75, 3.05) is 26.2 Å². The molecule has 0 radical (unpaired) electrons. The summed E-state index contributed by atoms with van der Waals surface area (Å²) in [7, 11) is 0. The molecule has 24 heavy (non-hydrogen) atoms. The second-order valence-electron chi connectivity index (χ2n) is 5.58. The lowest BCUT2D eigenvalue weighted by Crippen LogP contribution is -2.50. The second kappa shape index (κ2) is 7.05. The molecule has 0 spiro atoms. The predicted octanol–water partition coefficient (Wildman–Crippen LogP) is 2.71. The van der Waals surface area contributed by atoms with Crippen LogP contribution in [-0.4, -0.2) is 47.8 Å². The van der Waals surface area contributed by atoms with Gasteiger partial charge in [0.25, 0.3) is 11.8 Å². The maximum Gasteiger partial charge on any atom is 0.256 e. The highest BCUT2D eigenvalue weighted by Gasteiger charge is 2.27.